The number of amides is 2. The lowest BCUT2D eigenvalue weighted by molar-refractivity contribution is -0.150. The number of aliphatic carboxylic acids is 1. The molecule has 14 heteroatoms. The van der Waals surface area contributed by atoms with Gasteiger partial charge in [0.1, 0.15) is 23.7 Å². The van der Waals surface area contributed by atoms with Crippen LogP contribution in [0.15, 0.2) is 16.4 Å². The summed E-state index contributed by atoms with van der Waals surface area (Å²) in [6, 6.07) is -0.925. The van der Waals surface area contributed by atoms with Crippen molar-refractivity contribution in [3.05, 3.63) is 17.1 Å². The van der Waals surface area contributed by atoms with E-state index in [0.717, 1.165) is 16.4 Å². The van der Waals surface area contributed by atoms with Crippen molar-refractivity contribution in [2.45, 2.75) is 18.3 Å². The fourth-order valence-corrected chi connectivity index (χ4v) is 4.75. The molecule has 0 radical (unpaired) electrons. The third kappa shape index (κ3) is 3.64. The maximum atomic E-state index is 12.7. The fourth-order valence-electron chi connectivity index (χ4n) is 2.64. The zero-order valence-electron chi connectivity index (χ0n) is 14.4. The molecule has 4 N–H and O–H groups in total. The molecule has 1 fully saturated rings. The number of carbonyl (C=O) groups is 3. The molecule has 0 spiro atoms. The highest BCUT2D eigenvalue weighted by Gasteiger charge is 2.54. The molecule has 2 atom stereocenters. The molecule has 3 rings (SSSR count). The summed E-state index contributed by atoms with van der Waals surface area (Å²) in [4.78, 5) is 46.7. The number of fused-ring (bicyclic) bond motifs is 1. The Morgan fingerprint density at radius 1 is 1.54 bits per heavy atom. The summed E-state index contributed by atoms with van der Waals surface area (Å²) in [5.74, 6) is -2.19. The average molecular weight is 447 g/mol. The van der Waals surface area contributed by atoms with Crippen LogP contribution in [0.3, 0.4) is 0 Å². The Morgan fingerprint density at radius 2 is 2.29 bits per heavy atom. The van der Waals surface area contributed by atoms with Crippen LogP contribution in [-0.2, 0) is 19.2 Å². The molecule has 2 aliphatic rings. The van der Waals surface area contributed by atoms with Gasteiger partial charge in [-0.05, 0) is 12.5 Å². The summed E-state index contributed by atoms with van der Waals surface area (Å²) in [7, 11) is 0. The molecule has 0 bridgehead atoms. The molecule has 0 aromatic carbocycles. The number of rotatable bonds is 7. The van der Waals surface area contributed by atoms with Crippen molar-refractivity contribution in [3.8, 4) is 0 Å². The van der Waals surface area contributed by atoms with E-state index in [1.165, 1.54) is 11.8 Å². The van der Waals surface area contributed by atoms with Crippen molar-refractivity contribution in [1.29, 1.82) is 0 Å². The Labute approximate surface area is 172 Å². The third-order valence-corrected chi connectivity index (χ3v) is 6.06. The number of halogens is 1. The SMILES string of the molecule is CCON=C(C(=O)N[C@@H]1C(=O)N2C(C(=O)O)=C(CCl)CS[C@H]12)c1nsc(N)n1. The number of aromatic nitrogens is 2. The van der Waals surface area contributed by atoms with Crippen LogP contribution in [0.1, 0.15) is 12.7 Å². The Balaban J connectivity index is 1.79. The number of carbonyl (C=O) groups excluding carboxylic acids is 2. The van der Waals surface area contributed by atoms with Crippen LogP contribution in [0.5, 0.6) is 0 Å². The lowest BCUT2D eigenvalue weighted by atomic mass is 10.0. The minimum atomic E-state index is -1.24. The van der Waals surface area contributed by atoms with E-state index in [4.69, 9.17) is 22.2 Å². The van der Waals surface area contributed by atoms with Gasteiger partial charge in [0, 0.05) is 23.2 Å². The topological polar surface area (TPSA) is 160 Å². The molecule has 1 aromatic heterocycles. The Hall–Kier alpha value is -2.38. The summed E-state index contributed by atoms with van der Waals surface area (Å²) >= 11 is 7.99. The molecular weight excluding hydrogens is 432 g/mol. The first-order valence-corrected chi connectivity index (χ1v) is 10.3. The van der Waals surface area contributed by atoms with Crippen molar-refractivity contribution in [2.75, 3.05) is 24.0 Å². The molecule has 1 aromatic rings. The predicted molar refractivity (Wildman–Crippen MR) is 103 cm³/mol. The van der Waals surface area contributed by atoms with Gasteiger partial charge in [0.05, 0.1) is 0 Å². The molecule has 2 amide bonds. The minimum Gasteiger partial charge on any atom is -0.477 e. The summed E-state index contributed by atoms with van der Waals surface area (Å²) in [5, 5.41) is 15.3. The van der Waals surface area contributed by atoms with Gasteiger partial charge in [0.15, 0.2) is 5.13 Å². The summed E-state index contributed by atoms with van der Waals surface area (Å²) in [6.07, 6.45) is 0. The van der Waals surface area contributed by atoms with E-state index in [1.54, 1.807) is 6.92 Å². The predicted octanol–water partition coefficient (Wildman–Crippen LogP) is -0.162. The Kier molecular flexibility index (Phi) is 6.05. The number of nitrogen functional groups attached to an aromatic ring is 1. The van der Waals surface area contributed by atoms with Crippen LogP contribution in [0.2, 0.25) is 0 Å². The largest absolute Gasteiger partial charge is 0.477 e. The lowest BCUT2D eigenvalue weighted by Crippen LogP contribution is -2.71. The average Bonchev–Trinajstić information content (AvgIpc) is 3.10. The standard InChI is InChI=1S/C14H15ClN6O5S2/c1-2-26-19-6(9-18-14(16)28-20-9)10(22)17-7-11(23)21-8(13(24)25)5(3-15)4-27-12(7)21/h7,12H,2-4H2,1H3,(H,17,22)(H,24,25)(H2,16,18,20)/t7-,12-/m1/s1. The molecule has 28 heavy (non-hydrogen) atoms. The van der Waals surface area contributed by atoms with Gasteiger partial charge in [0.25, 0.3) is 11.8 Å². The van der Waals surface area contributed by atoms with Crippen LogP contribution in [-0.4, -0.2) is 72.5 Å². The molecule has 0 aliphatic carbocycles. The number of β-lactam (4-membered cyclic amide) rings is 1. The van der Waals surface area contributed by atoms with Crippen LogP contribution < -0.4 is 11.1 Å². The number of thioether (sulfide) groups is 1. The zero-order chi connectivity index (χ0) is 20.4. The van der Waals surface area contributed by atoms with Crippen molar-refractivity contribution in [3.63, 3.8) is 0 Å². The summed E-state index contributed by atoms with van der Waals surface area (Å²) < 4.78 is 3.93. The van der Waals surface area contributed by atoms with Gasteiger partial charge in [-0.3, -0.25) is 14.5 Å². The molecule has 150 valence electrons. The molecule has 1 saturated heterocycles. The first-order chi connectivity index (χ1) is 13.4. The number of nitrogens with two attached hydrogens (primary N) is 1. The third-order valence-electron chi connectivity index (χ3n) is 3.85. The molecule has 3 heterocycles. The van der Waals surface area contributed by atoms with Gasteiger partial charge >= 0.3 is 5.97 Å². The maximum absolute atomic E-state index is 12.7. The number of nitrogens with one attached hydrogen (secondary N) is 1. The number of hydrogen-bond donors (Lipinski definition) is 3. The van der Waals surface area contributed by atoms with Gasteiger partial charge in [-0.15, -0.1) is 23.4 Å². The number of alkyl halides is 1. The second-order valence-corrected chi connectivity index (χ2v) is 7.72. The molecule has 2 aliphatic heterocycles. The highest BCUT2D eigenvalue weighted by molar-refractivity contribution is 8.00. The van der Waals surface area contributed by atoms with Crippen molar-refractivity contribution in [1.82, 2.24) is 19.6 Å². The van der Waals surface area contributed by atoms with E-state index in [0.29, 0.717) is 11.3 Å². The van der Waals surface area contributed by atoms with Gasteiger partial charge in [-0.25, -0.2) is 4.79 Å². The zero-order valence-corrected chi connectivity index (χ0v) is 16.8. The lowest BCUT2D eigenvalue weighted by Gasteiger charge is -2.49. The summed E-state index contributed by atoms with van der Waals surface area (Å²) in [5.41, 5.74) is 5.64. The van der Waals surface area contributed by atoms with Crippen LogP contribution >= 0.6 is 34.9 Å². The number of anilines is 1. The minimum absolute atomic E-state index is 0.00421. The normalized spacial score (nSPS) is 21.9. The number of nitrogens with zero attached hydrogens (tertiary/aromatic N) is 4. The van der Waals surface area contributed by atoms with Crippen molar-refractivity contribution in [2.24, 2.45) is 5.16 Å². The molecule has 0 unspecified atom stereocenters. The van der Waals surface area contributed by atoms with Crippen LogP contribution in [0.25, 0.3) is 0 Å². The van der Waals surface area contributed by atoms with Crippen LogP contribution in [0.4, 0.5) is 5.13 Å². The van der Waals surface area contributed by atoms with Gasteiger partial charge in [-0.2, -0.15) is 9.36 Å². The van der Waals surface area contributed by atoms with Crippen LogP contribution in [0, 0.1) is 0 Å². The second kappa shape index (κ2) is 8.32. The summed E-state index contributed by atoms with van der Waals surface area (Å²) in [6.45, 7) is 1.89. The Morgan fingerprint density at radius 3 is 2.86 bits per heavy atom. The molecule has 11 nitrogen and oxygen atoms in total. The molecular formula is C14H15ClN6O5S2. The quantitative estimate of drug-likeness (QED) is 0.223. The highest BCUT2D eigenvalue weighted by Crippen LogP contribution is 2.40. The van der Waals surface area contributed by atoms with Crippen molar-refractivity contribution < 1.29 is 24.3 Å². The van der Waals surface area contributed by atoms with E-state index in [-0.39, 0.29) is 34.9 Å². The fraction of sp³-hybridized carbons (Fsp3) is 0.429. The first kappa shape index (κ1) is 20.4. The maximum Gasteiger partial charge on any atom is 0.352 e. The van der Waals surface area contributed by atoms with Crippen molar-refractivity contribution >= 4 is 63.5 Å². The van der Waals surface area contributed by atoms with E-state index < -0.39 is 29.2 Å². The van der Waals surface area contributed by atoms with E-state index >= 15 is 0 Å². The van der Waals surface area contributed by atoms with E-state index in [9.17, 15) is 19.5 Å². The number of oxime groups is 1. The van der Waals surface area contributed by atoms with Gasteiger partial charge < -0.3 is 21.0 Å². The number of carboxylic acids is 1. The van der Waals surface area contributed by atoms with E-state index in [2.05, 4.69) is 19.8 Å². The highest BCUT2D eigenvalue weighted by atomic mass is 35.5. The Bertz CT molecular complexity index is 887. The first-order valence-electron chi connectivity index (χ1n) is 7.95. The van der Waals surface area contributed by atoms with E-state index in [1.807, 2.05) is 0 Å². The smallest absolute Gasteiger partial charge is 0.352 e. The second-order valence-electron chi connectivity index (χ2n) is 5.57. The monoisotopic (exact) mass is 446 g/mol. The van der Waals surface area contributed by atoms with Gasteiger partial charge in [-0.1, -0.05) is 5.16 Å². The number of carboxylic acid groups (broad SMARTS) is 1. The number of hydrogen-bond acceptors (Lipinski definition) is 10. The molecule has 0 saturated carbocycles. The van der Waals surface area contributed by atoms with Gasteiger partial charge in [0.2, 0.25) is 11.5 Å².